The monoisotopic (exact) mass is 510 g/mol. The van der Waals surface area contributed by atoms with Gasteiger partial charge in [-0.15, -0.1) is 0 Å². The Kier molecular flexibility index (Phi) is 7.48. The van der Waals surface area contributed by atoms with Crippen molar-refractivity contribution in [3.8, 4) is 0 Å². The Morgan fingerprint density at radius 3 is 2.22 bits per heavy atom. The fourth-order valence-corrected chi connectivity index (χ4v) is 3.50. The van der Waals surface area contributed by atoms with Gasteiger partial charge in [0.15, 0.2) is 11.9 Å². The van der Waals surface area contributed by atoms with Crippen molar-refractivity contribution in [3.63, 3.8) is 0 Å². The molecule has 2 aromatic carbocycles. The first-order chi connectivity index (χ1) is 16.7. The van der Waals surface area contributed by atoms with Crippen molar-refractivity contribution in [2.45, 2.75) is 44.5 Å². The van der Waals surface area contributed by atoms with Gasteiger partial charge in [0.25, 0.3) is 5.91 Å². The summed E-state index contributed by atoms with van der Waals surface area (Å²) >= 11 is 0. The van der Waals surface area contributed by atoms with Crippen LogP contribution in [0.15, 0.2) is 48.5 Å². The molecule has 2 amide bonds. The molecule has 0 bridgehead atoms. The van der Waals surface area contributed by atoms with Crippen LogP contribution in [-0.2, 0) is 21.2 Å². The highest BCUT2D eigenvalue weighted by atomic mass is 19.4. The van der Waals surface area contributed by atoms with Gasteiger partial charge in [-0.25, -0.2) is 8.78 Å². The number of carbonyl (C=O) groups excluding carboxylic acids is 2. The van der Waals surface area contributed by atoms with E-state index < -0.39 is 58.3 Å². The molecule has 1 aromatic heterocycles. The lowest BCUT2D eigenvalue weighted by molar-refractivity contribution is -0.141. The number of anilines is 1. The smallest absolute Gasteiger partial charge is 0.378 e. The summed E-state index contributed by atoms with van der Waals surface area (Å²) in [4.78, 5) is 24.9. The molecule has 36 heavy (non-hydrogen) atoms. The Labute approximate surface area is 202 Å². The molecule has 2 atom stereocenters. The molecule has 3 aromatic rings. The maximum absolute atomic E-state index is 13.7. The fraction of sp³-hybridized carbons (Fsp3) is 0.292. The van der Waals surface area contributed by atoms with Crippen molar-refractivity contribution in [1.29, 1.82) is 0 Å². The zero-order chi connectivity index (χ0) is 26.8. The van der Waals surface area contributed by atoms with Crippen molar-refractivity contribution < 1.29 is 36.6 Å². The number of aromatic nitrogens is 2. The minimum atomic E-state index is -4.79. The van der Waals surface area contributed by atoms with E-state index in [4.69, 9.17) is 0 Å². The normalized spacial score (nSPS) is 13.7. The summed E-state index contributed by atoms with van der Waals surface area (Å²) in [5.74, 6) is -3.45. The molecular weight excluding hydrogens is 487 g/mol. The lowest BCUT2D eigenvalue weighted by Gasteiger charge is -2.23. The summed E-state index contributed by atoms with van der Waals surface area (Å²) in [6.07, 6.45) is -6.95. The summed E-state index contributed by atoms with van der Waals surface area (Å²) in [6, 6.07) is 7.33. The summed E-state index contributed by atoms with van der Waals surface area (Å²) in [6.45, 7) is 4.63. The van der Waals surface area contributed by atoms with Crippen molar-refractivity contribution >= 4 is 17.6 Å². The SMILES string of the molecule is CC(NC(=O)C(O)c1ccccc1C(F)(F)F)C(=O)Nc1cc(C(C)(C)c2cc(F)cc(F)c2)[nH]n1. The molecule has 3 rings (SSSR count). The Morgan fingerprint density at radius 1 is 1.00 bits per heavy atom. The Hall–Kier alpha value is -3.80. The number of aromatic amines is 1. The van der Waals surface area contributed by atoms with Gasteiger partial charge in [0.2, 0.25) is 5.91 Å². The molecular formula is C24H23F5N4O3. The van der Waals surface area contributed by atoms with Gasteiger partial charge in [-0.05, 0) is 30.7 Å². The number of H-pyrrole nitrogens is 1. The maximum atomic E-state index is 13.7. The highest BCUT2D eigenvalue weighted by Gasteiger charge is 2.36. The average molecular weight is 510 g/mol. The van der Waals surface area contributed by atoms with E-state index >= 15 is 0 Å². The van der Waals surface area contributed by atoms with Gasteiger partial charge in [0.05, 0.1) is 5.56 Å². The van der Waals surface area contributed by atoms with Gasteiger partial charge >= 0.3 is 6.18 Å². The van der Waals surface area contributed by atoms with E-state index in [1.165, 1.54) is 31.2 Å². The Morgan fingerprint density at radius 2 is 1.61 bits per heavy atom. The highest BCUT2D eigenvalue weighted by molar-refractivity contribution is 5.97. The van der Waals surface area contributed by atoms with Crippen LogP contribution in [0.25, 0.3) is 0 Å². The Bertz CT molecular complexity index is 1250. The zero-order valence-corrected chi connectivity index (χ0v) is 19.4. The number of nitrogens with zero attached hydrogens (tertiary/aromatic N) is 1. The van der Waals surface area contributed by atoms with Crippen LogP contribution in [0.1, 0.15) is 49.3 Å². The zero-order valence-electron chi connectivity index (χ0n) is 19.4. The second kappa shape index (κ2) is 10.1. The summed E-state index contributed by atoms with van der Waals surface area (Å²) in [7, 11) is 0. The first kappa shape index (κ1) is 26.8. The summed E-state index contributed by atoms with van der Waals surface area (Å²) in [5, 5.41) is 21.4. The van der Waals surface area contributed by atoms with Crippen LogP contribution in [0.5, 0.6) is 0 Å². The minimum absolute atomic E-state index is 0.0315. The van der Waals surface area contributed by atoms with E-state index in [1.54, 1.807) is 13.8 Å². The summed E-state index contributed by atoms with van der Waals surface area (Å²) < 4.78 is 66.9. The van der Waals surface area contributed by atoms with Crippen molar-refractivity contribution in [3.05, 3.63) is 82.5 Å². The highest BCUT2D eigenvalue weighted by Crippen LogP contribution is 2.35. The maximum Gasteiger partial charge on any atom is 0.416 e. The standard InChI is InChI=1S/C24H23F5N4O3/c1-12(30-22(36)20(34)16-6-4-5-7-17(16)24(27,28)29)21(35)31-19-11-18(32-33-19)23(2,3)13-8-14(25)10-15(26)9-13/h4-12,20,34H,1-3H3,(H,30,36)(H2,31,32,33,35). The number of benzene rings is 2. The molecule has 1 heterocycles. The third kappa shape index (κ3) is 5.88. The molecule has 0 radical (unpaired) electrons. The molecule has 4 N–H and O–H groups in total. The van der Waals surface area contributed by atoms with E-state index in [0.717, 1.165) is 24.3 Å². The second-order valence-electron chi connectivity index (χ2n) is 8.66. The van der Waals surface area contributed by atoms with Gasteiger partial charge in [-0.1, -0.05) is 32.0 Å². The van der Waals surface area contributed by atoms with Crippen LogP contribution in [0.3, 0.4) is 0 Å². The number of rotatable bonds is 7. The Balaban J connectivity index is 1.68. The van der Waals surface area contributed by atoms with E-state index in [2.05, 4.69) is 20.8 Å². The topological polar surface area (TPSA) is 107 Å². The number of carbonyl (C=O) groups is 2. The minimum Gasteiger partial charge on any atom is -0.378 e. The van der Waals surface area contributed by atoms with Crippen molar-refractivity contribution in [2.24, 2.45) is 0 Å². The van der Waals surface area contributed by atoms with E-state index in [1.807, 2.05) is 0 Å². The number of amides is 2. The van der Waals surface area contributed by atoms with Gasteiger partial charge in [0, 0.05) is 28.8 Å². The number of aliphatic hydroxyl groups is 1. The van der Waals surface area contributed by atoms with E-state index in [0.29, 0.717) is 11.3 Å². The number of aliphatic hydroxyl groups excluding tert-OH is 1. The molecule has 0 spiro atoms. The van der Waals surface area contributed by atoms with Gasteiger partial charge in [-0.2, -0.15) is 18.3 Å². The molecule has 0 saturated carbocycles. The van der Waals surface area contributed by atoms with Crippen LogP contribution < -0.4 is 10.6 Å². The van der Waals surface area contributed by atoms with E-state index in [-0.39, 0.29) is 5.82 Å². The molecule has 0 fully saturated rings. The number of alkyl halides is 3. The molecule has 12 heteroatoms. The predicted octanol–water partition coefficient (Wildman–Crippen LogP) is 4.21. The largest absolute Gasteiger partial charge is 0.416 e. The second-order valence-corrected chi connectivity index (χ2v) is 8.66. The first-order valence-electron chi connectivity index (χ1n) is 10.7. The van der Waals surface area contributed by atoms with Crippen LogP contribution in [0, 0.1) is 11.6 Å². The molecule has 0 aliphatic heterocycles. The third-order valence-corrected chi connectivity index (χ3v) is 5.65. The third-order valence-electron chi connectivity index (χ3n) is 5.65. The van der Waals surface area contributed by atoms with Gasteiger partial charge in [-0.3, -0.25) is 14.7 Å². The lowest BCUT2D eigenvalue weighted by Crippen LogP contribution is -2.44. The quantitative estimate of drug-likeness (QED) is 0.357. The van der Waals surface area contributed by atoms with Gasteiger partial charge in [0.1, 0.15) is 17.7 Å². The molecule has 0 aliphatic carbocycles. The number of hydrogen-bond acceptors (Lipinski definition) is 4. The van der Waals surface area contributed by atoms with Crippen LogP contribution in [-0.4, -0.2) is 33.2 Å². The predicted molar refractivity (Wildman–Crippen MR) is 120 cm³/mol. The summed E-state index contributed by atoms with van der Waals surface area (Å²) in [5.41, 5.74) is -2.01. The van der Waals surface area contributed by atoms with E-state index in [9.17, 15) is 36.6 Å². The first-order valence-corrected chi connectivity index (χ1v) is 10.7. The molecule has 0 saturated heterocycles. The molecule has 7 nitrogen and oxygen atoms in total. The van der Waals surface area contributed by atoms with Crippen molar-refractivity contribution in [1.82, 2.24) is 15.5 Å². The number of nitrogens with one attached hydrogen (secondary N) is 3. The molecule has 192 valence electrons. The average Bonchev–Trinajstić information content (AvgIpc) is 3.26. The van der Waals surface area contributed by atoms with Crippen molar-refractivity contribution in [2.75, 3.05) is 5.32 Å². The number of hydrogen-bond donors (Lipinski definition) is 4. The van der Waals surface area contributed by atoms with Crippen LogP contribution in [0.4, 0.5) is 27.8 Å². The van der Waals surface area contributed by atoms with Crippen LogP contribution >= 0.6 is 0 Å². The lowest BCUT2D eigenvalue weighted by atomic mass is 9.81. The fourth-order valence-electron chi connectivity index (χ4n) is 3.50. The number of halogens is 5. The molecule has 2 unspecified atom stereocenters. The van der Waals surface area contributed by atoms with Gasteiger partial charge < -0.3 is 15.7 Å². The molecule has 0 aliphatic rings. The van der Waals surface area contributed by atoms with Crippen LogP contribution in [0.2, 0.25) is 0 Å².